The predicted octanol–water partition coefficient (Wildman–Crippen LogP) is 2.71. The molecule has 0 spiro atoms. The minimum absolute atomic E-state index is 0.246. The molecule has 1 aromatic rings. The van der Waals surface area contributed by atoms with Crippen LogP contribution in [0.3, 0.4) is 0 Å². The normalized spacial score (nSPS) is 10.7. The first-order chi connectivity index (χ1) is 9.00. The fraction of sp³-hybridized carbons (Fsp3) is 0.571. The quantitative estimate of drug-likeness (QED) is 0.708. The number of aromatic carboxylic acids is 1. The van der Waals surface area contributed by atoms with Crippen LogP contribution in [0.1, 0.15) is 42.7 Å². The van der Waals surface area contributed by atoms with Gasteiger partial charge in [0.1, 0.15) is 5.82 Å². The SMILES string of the molecule is Cc1nc(NCCCCOC(C)C)ccc1C(=O)O. The van der Waals surface area contributed by atoms with Gasteiger partial charge in [0.15, 0.2) is 0 Å². The van der Waals surface area contributed by atoms with Crippen LogP contribution in [0.2, 0.25) is 0 Å². The number of carboxylic acids is 1. The molecule has 0 radical (unpaired) electrons. The van der Waals surface area contributed by atoms with E-state index in [1.165, 1.54) is 0 Å². The zero-order chi connectivity index (χ0) is 14.3. The molecule has 0 aromatic carbocycles. The third kappa shape index (κ3) is 5.70. The molecule has 0 aliphatic heterocycles. The summed E-state index contributed by atoms with van der Waals surface area (Å²) in [6, 6.07) is 3.27. The molecule has 0 saturated carbocycles. The molecule has 2 N–H and O–H groups in total. The highest BCUT2D eigenvalue weighted by Gasteiger charge is 2.08. The Morgan fingerprint density at radius 2 is 2.16 bits per heavy atom. The van der Waals surface area contributed by atoms with Crippen molar-refractivity contribution in [3.05, 3.63) is 23.4 Å². The summed E-state index contributed by atoms with van der Waals surface area (Å²) in [6.45, 7) is 7.32. The first-order valence-corrected chi connectivity index (χ1v) is 6.57. The van der Waals surface area contributed by atoms with E-state index < -0.39 is 5.97 Å². The molecule has 106 valence electrons. The molecule has 0 aliphatic carbocycles. The van der Waals surface area contributed by atoms with Gasteiger partial charge >= 0.3 is 5.97 Å². The van der Waals surface area contributed by atoms with Gasteiger partial charge in [0.05, 0.1) is 17.4 Å². The van der Waals surface area contributed by atoms with Crippen LogP contribution < -0.4 is 5.32 Å². The van der Waals surface area contributed by atoms with Crippen molar-refractivity contribution in [2.75, 3.05) is 18.5 Å². The van der Waals surface area contributed by atoms with Crippen LogP contribution in [0.4, 0.5) is 5.82 Å². The molecule has 0 atom stereocenters. The molecule has 0 bridgehead atoms. The highest BCUT2D eigenvalue weighted by Crippen LogP contribution is 2.10. The third-order valence-electron chi connectivity index (χ3n) is 2.64. The van der Waals surface area contributed by atoms with Gasteiger partial charge in [0, 0.05) is 13.2 Å². The van der Waals surface area contributed by atoms with Gasteiger partial charge in [-0.05, 0) is 45.7 Å². The number of nitrogens with zero attached hydrogens (tertiary/aromatic N) is 1. The standard InChI is InChI=1S/C14H22N2O3/c1-10(2)19-9-5-4-8-15-13-7-6-12(14(17)18)11(3)16-13/h6-7,10H,4-5,8-9H2,1-3H3,(H,15,16)(H,17,18). The molecule has 0 unspecified atom stereocenters. The van der Waals surface area contributed by atoms with E-state index >= 15 is 0 Å². The van der Waals surface area contributed by atoms with Crippen molar-refractivity contribution >= 4 is 11.8 Å². The molecule has 0 aliphatic rings. The van der Waals surface area contributed by atoms with Crippen LogP contribution in [-0.4, -0.2) is 35.3 Å². The molecule has 0 fully saturated rings. The summed E-state index contributed by atoms with van der Waals surface area (Å²) in [7, 11) is 0. The summed E-state index contributed by atoms with van der Waals surface area (Å²) in [5.41, 5.74) is 0.775. The molecule has 0 saturated heterocycles. The summed E-state index contributed by atoms with van der Waals surface area (Å²) in [6.07, 6.45) is 2.27. The topological polar surface area (TPSA) is 71.5 Å². The Bertz CT molecular complexity index is 419. The maximum atomic E-state index is 10.8. The second-order valence-electron chi connectivity index (χ2n) is 4.69. The summed E-state index contributed by atoms with van der Waals surface area (Å²) >= 11 is 0. The molecule has 5 heteroatoms. The van der Waals surface area contributed by atoms with Crippen LogP contribution in [0, 0.1) is 6.92 Å². The number of aryl methyl sites for hydroxylation is 1. The Morgan fingerprint density at radius 3 is 2.74 bits per heavy atom. The van der Waals surface area contributed by atoms with Crippen LogP contribution in [-0.2, 0) is 4.74 Å². The first-order valence-electron chi connectivity index (χ1n) is 6.57. The number of hydrogen-bond acceptors (Lipinski definition) is 4. The smallest absolute Gasteiger partial charge is 0.337 e. The molecular weight excluding hydrogens is 244 g/mol. The van der Waals surface area contributed by atoms with Crippen molar-refractivity contribution < 1.29 is 14.6 Å². The minimum Gasteiger partial charge on any atom is -0.478 e. The molecular formula is C14H22N2O3. The lowest BCUT2D eigenvalue weighted by Gasteiger charge is -2.09. The number of carboxylic acid groups (broad SMARTS) is 1. The Balaban J connectivity index is 2.30. The lowest BCUT2D eigenvalue weighted by atomic mass is 10.2. The third-order valence-corrected chi connectivity index (χ3v) is 2.64. The fourth-order valence-electron chi connectivity index (χ4n) is 1.65. The maximum absolute atomic E-state index is 10.8. The summed E-state index contributed by atoms with van der Waals surface area (Å²) in [4.78, 5) is 15.1. The Kier molecular flexibility index (Phi) is 6.29. The van der Waals surface area contributed by atoms with Crippen LogP contribution in [0.5, 0.6) is 0 Å². The monoisotopic (exact) mass is 266 g/mol. The van der Waals surface area contributed by atoms with Crippen LogP contribution in [0.25, 0.3) is 0 Å². The highest BCUT2D eigenvalue weighted by atomic mass is 16.5. The van der Waals surface area contributed by atoms with Gasteiger partial charge in [-0.25, -0.2) is 9.78 Å². The Labute approximate surface area is 114 Å². The average molecular weight is 266 g/mol. The van der Waals surface area contributed by atoms with Crippen LogP contribution >= 0.6 is 0 Å². The summed E-state index contributed by atoms with van der Waals surface area (Å²) in [5.74, 6) is -0.227. The number of rotatable bonds is 8. The zero-order valence-electron chi connectivity index (χ0n) is 11.8. The minimum atomic E-state index is -0.942. The van der Waals surface area contributed by atoms with Crippen molar-refractivity contribution in [2.24, 2.45) is 0 Å². The van der Waals surface area contributed by atoms with Crippen molar-refractivity contribution in [3.8, 4) is 0 Å². The van der Waals surface area contributed by atoms with Crippen LogP contribution in [0.15, 0.2) is 12.1 Å². The lowest BCUT2D eigenvalue weighted by Crippen LogP contribution is -2.09. The van der Waals surface area contributed by atoms with E-state index in [2.05, 4.69) is 10.3 Å². The number of unbranched alkanes of at least 4 members (excludes halogenated alkanes) is 1. The maximum Gasteiger partial charge on any atom is 0.337 e. The summed E-state index contributed by atoms with van der Waals surface area (Å²) in [5, 5.41) is 12.1. The second kappa shape index (κ2) is 7.74. The number of pyridine rings is 1. The van der Waals surface area contributed by atoms with Gasteiger partial charge in [0.25, 0.3) is 0 Å². The second-order valence-corrected chi connectivity index (χ2v) is 4.69. The lowest BCUT2D eigenvalue weighted by molar-refractivity contribution is 0.0695. The zero-order valence-corrected chi connectivity index (χ0v) is 11.8. The van der Waals surface area contributed by atoms with Crippen molar-refractivity contribution in [3.63, 3.8) is 0 Å². The van der Waals surface area contributed by atoms with E-state index in [1.54, 1.807) is 19.1 Å². The van der Waals surface area contributed by atoms with Gasteiger partial charge in [-0.2, -0.15) is 0 Å². The van der Waals surface area contributed by atoms with Gasteiger partial charge < -0.3 is 15.2 Å². The average Bonchev–Trinajstić information content (AvgIpc) is 2.32. The van der Waals surface area contributed by atoms with Gasteiger partial charge in [0.2, 0.25) is 0 Å². The highest BCUT2D eigenvalue weighted by molar-refractivity contribution is 5.89. The molecule has 1 heterocycles. The Morgan fingerprint density at radius 1 is 1.42 bits per heavy atom. The number of nitrogens with one attached hydrogen (secondary N) is 1. The van der Waals surface area contributed by atoms with E-state index in [1.807, 2.05) is 13.8 Å². The summed E-state index contributed by atoms with van der Waals surface area (Å²) < 4.78 is 5.45. The first kappa shape index (κ1) is 15.4. The molecule has 5 nitrogen and oxygen atoms in total. The van der Waals surface area contributed by atoms with Gasteiger partial charge in [-0.1, -0.05) is 0 Å². The van der Waals surface area contributed by atoms with Gasteiger partial charge in [-0.3, -0.25) is 0 Å². The van der Waals surface area contributed by atoms with E-state index in [-0.39, 0.29) is 11.7 Å². The number of aromatic nitrogens is 1. The molecule has 1 rings (SSSR count). The molecule has 19 heavy (non-hydrogen) atoms. The number of anilines is 1. The van der Waals surface area contributed by atoms with Crippen molar-refractivity contribution in [1.29, 1.82) is 0 Å². The van der Waals surface area contributed by atoms with E-state index in [9.17, 15) is 4.79 Å². The number of carbonyl (C=O) groups is 1. The van der Waals surface area contributed by atoms with E-state index in [0.717, 1.165) is 26.0 Å². The Hall–Kier alpha value is -1.62. The van der Waals surface area contributed by atoms with E-state index in [4.69, 9.17) is 9.84 Å². The van der Waals surface area contributed by atoms with E-state index in [0.29, 0.717) is 11.5 Å². The fourth-order valence-corrected chi connectivity index (χ4v) is 1.65. The molecule has 1 aromatic heterocycles. The number of ether oxygens (including phenoxy) is 1. The largest absolute Gasteiger partial charge is 0.478 e. The molecule has 0 amide bonds. The van der Waals surface area contributed by atoms with Crippen molar-refractivity contribution in [1.82, 2.24) is 4.98 Å². The van der Waals surface area contributed by atoms with Crippen molar-refractivity contribution in [2.45, 2.75) is 39.7 Å². The predicted molar refractivity (Wildman–Crippen MR) is 74.7 cm³/mol. The number of hydrogen-bond donors (Lipinski definition) is 2. The van der Waals surface area contributed by atoms with Gasteiger partial charge in [-0.15, -0.1) is 0 Å².